The first-order valence-electron chi connectivity index (χ1n) is 24.0. The Balaban J connectivity index is 5.90. The third-order valence-corrected chi connectivity index (χ3v) is 15.3. The van der Waals surface area contributed by atoms with Gasteiger partial charge in [-0.1, -0.05) is 56.7 Å². The van der Waals surface area contributed by atoms with Gasteiger partial charge in [0.25, 0.3) is 0 Å². The van der Waals surface area contributed by atoms with E-state index in [2.05, 4.69) is 6.58 Å². The summed E-state index contributed by atoms with van der Waals surface area (Å²) in [6, 6.07) is 0. The standard InChI is InChI=1S/C49H84N2O16S4/c1-15-39(52)62-22-26-68-69-28-24-66-43(56)38(34-49(9,10)46(59)67-21-19-51(13)14)31-37(33-48(7,8)45(58)61-17-3)42(55)65-25-29-71-70-27-23-64-41(54)36(32-47(5,6)44(57)60-16-2)30-35(4)40(53)63-20-18-50(11)12/h15,35-38H,1,16-34H2,2-14H3. The molecule has 0 saturated carbocycles. The fourth-order valence-electron chi connectivity index (χ4n) is 6.75. The van der Waals surface area contributed by atoms with Crippen LogP contribution in [0.5, 0.6) is 0 Å². The van der Waals surface area contributed by atoms with Crippen LogP contribution in [0.25, 0.3) is 0 Å². The fourth-order valence-corrected chi connectivity index (χ4v) is 10.1. The summed E-state index contributed by atoms with van der Waals surface area (Å²) in [6.07, 6.45) is 1.18. The largest absolute Gasteiger partial charge is 0.466 e. The number of likely N-dealkylation sites (N-methyl/N-ethyl adjacent to an activating group) is 2. The molecule has 0 bridgehead atoms. The van der Waals surface area contributed by atoms with E-state index in [1.165, 1.54) is 43.2 Å². The lowest BCUT2D eigenvalue weighted by Crippen LogP contribution is -2.37. The molecule has 0 heterocycles. The molecule has 0 radical (unpaired) electrons. The summed E-state index contributed by atoms with van der Waals surface area (Å²) in [5.41, 5.74) is -3.32. The monoisotopic (exact) mass is 1080 g/mol. The lowest BCUT2D eigenvalue weighted by atomic mass is 9.75. The molecule has 0 amide bonds. The minimum absolute atomic E-state index is 0.0132. The molecule has 4 atom stereocenters. The zero-order chi connectivity index (χ0) is 54.2. The predicted octanol–water partition coefficient (Wildman–Crippen LogP) is 6.96. The lowest BCUT2D eigenvalue weighted by Gasteiger charge is -2.31. The van der Waals surface area contributed by atoms with Crippen LogP contribution in [-0.4, -0.2) is 175 Å². The van der Waals surface area contributed by atoms with Crippen LogP contribution in [0.4, 0.5) is 0 Å². The minimum atomic E-state index is -1.16. The Kier molecular flexibility index (Phi) is 35.1. The van der Waals surface area contributed by atoms with Crippen LogP contribution in [0.3, 0.4) is 0 Å². The maximum absolute atomic E-state index is 14.0. The number of ether oxygens (including phenoxy) is 8. The number of hydrogen-bond donors (Lipinski definition) is 0. The Bertz CT molecular complexity index is 1660. The van der Waals surface area contributed by atoms with Gasteiger partial charge >= 0.3 is 47.8 Å². The summed E-state index contributed by atoms with van der Waals surface area (Å²) in [4.78, 5) is 108. The number of hydrogen-bond acceptors (Lipinski definition) is 22. The van der Waals surface area contributed by atoms with Crippen molar-refractivity contribution >= 4 is 90.9 Å². The molecule has 0 aliphatic carbocycles. The van der Waals surface area contributed by atoms with Crippen LogP contribution in [0, 0.1) is 39.9 Å². The molecule has 18 nitrogen and oxygen atoms in total. The fraction of sp³-hybridized carbons (Fsp3) is 0.796. The first-order valence-corrected chi connectivity index (χ1v) is 29.0. The van der Waals surface area contributed by atoms with Gasteiger partial charge in [0.15, 0.2) is 0 Å². The highest BCUT2D eigenvalue weighted by atomic mass is 33.1. The van der Waals surface area contributed by atoms with E-state index < -0.39 is 87.7 Å². The van der Waals surface area contributed by atoms with Crippen LogP contribution >= 0.6 is 43.2 Å². The number of carbonyl (C=O) groups is 8. The van der Waals surface area contributed by atoms with Gasteiger partial charge < -0.3 is 47.7 Å². The molecule has 0 saturated heterocycles. The van der Waals surface area contributed by atoms with Crippen molar-refractivity contribution in [2.45, 2.75) is 94.4 Å². The van der Waals surface area contributed by atoms with E-state index in [-0.39, 0.29) is 85.0 Å². The molecule has 410 valence electrons. The van der Waals surface area contributed by atoms with Crippen molar-refractivity contribution in [3.63, 3.8) is 0 Å². The normalized spacial score (nSPS) is 13.6. The van der Waals surface area contributed by atoms with Crippen LogP contribution < -0.4 is 0 Å². The molecule has 0 aromatic carbocycles. The Morgan fingerprint density at radius 2 is 0.775 bits per heavy atom. The Hall–Kier alpha value is -3.18. The van der Waals surface area contributed by atoms with Gasteiger partial charge in [-0.05, 0) is 116 Å². The van der Waals surface area contributed by atoms with Crippen molar-refractivity contribution in [1.82, 2.24) is 9.80 Å². The van der Waals surface area contributed by atoms with Crippen LogP contribution in [-0.2, 0) is 76.3 Å². The highest BCUT2D eigenvalue weighted by Crippen LogP contribution is 2.37. The number of rotatable bonds is 40. The summed E-state index contributed by atoms with van der Waals surface area (Å²) < 4.78 is 43.6. The third-order valence-electron chi connectivity index (χ3n) is 10.6. The van der Waals surface area contributed by atoms with E-state index >= 15 is 0 Å². The van der Waals surface area contributed by atoms with Crippen molar-refractivity contribution in [1.29, 1.82) is 0 Å². The van der Waals surface area contributed by atoms with Gasteiger partial charge in [-0.2, -0.15) is 0 Å². The van der Waals surface area contributed by atoms with Crippen molar-refractivity contribution in [3.8, 4) is 0 Å². The van der Waals surface area contributed by atoms with E-state index in [4.69, 9.17) is 37.9 Å². The van der Waals surface area contributed by atoms with E-state index in [9.17, 15) is 38.4 Å². The Labute approximate surface area is 439 Å². The molecule has 22 heteroatoms. The van der Waals surface area contributed by atoms with Gasteiger partial charge in [-0.3, -0.25) is 33.6 Å². The molecule has 0 aliphatic rings. The highest BCUT2D eigenvalue weighted by Gasteiger charge is 2.42. The Morgan fingerprint density at radius 3 is 1.11 bits per heavy atom. The third kappa shape index (κ3) is 30.6. The molecule has 0 spiro atoms. The second-order valence-corrected chi connectivity index (χ2v) is 24.6. The summed E-state index contributed by atoms with van der Waals surface area (Å²) in [5.74, 6) is -5.94. The van der Waals surface area contributed by atoms with Crippen LogP contribution in [0.1, 0.15) is 94.4 Å². The molecule has 0 aromatic heterocycles. The molecular weight excluding hydrogens is 1000 g/mol. The van der Waals surface area contributed by atoms with Gasteiger partial charge in [0.2, 0.25) is 0 Å². The van der Waals surface area contributed by atoms with E-state index in [0.717, 1.165) is 6.08 Å². The zero-order valence-corrected chi connectivity index (χ0v) is 47.9. The average molecular weight is 1090 g/mol. The lowest BCUT2D eigenvalue weighted by molar-refractivity contribution is -0.161. The molecule has 0 aliphatic heterocycles. The van der Waals surface area contributed by atoms with Gasteiger partial charge in [-0.25, -0.2) is 4.79 Å². The minimum Gasteiger partial charge on any atom is -0.466 e. The number of esters is 8. The maximum atomic E-state index is 14.0. The van der Waals surface area contributed by atoms with E-state index in [1.54, 1.807) is 62.3 Å². The quantitative estimate of drug-likeness (QED) is 0.0199. The smallest absolute Gasteiger partial charge is 0.330 e. The molecule has 0 rings (SSSR count). The first-order chi connectivity index (χ1) is 33.2. The summed E-state index contributed by atoms with van der Waals surface area (Å²) in [6.45, 7) is 20.4. The Morgan fingerprint density at radius 1 is 0.465 bits per heavy atom. The molecule has 0 N–H and O–H groups in total. The van der Waals surface area contributed by atoms with E-state index in [0.29, 0.717) is 36.1 Å². The number of nitrogens with zero attached hydrogens (tertiary/aromatic N) is 2. The predicted molar refractivity (Wildman–Crippen MR) is 280 cm³/mol. The van der Waals surface area contributed by atoms with Crippen molar-refractivity contribution in [3.05, 3.63) is 12.7 Å². The zero-order valence-electron chi connectivity index (χ0n) is 44.6. The molecule has 0 fully saturated rings. The van der Waals surface area contributed by atoms with Gasteiger partial charge in [0.1, 0.15) is 39.6 Å². The molecule has 4 unspecified atom stereocenters. The van der Waals surface area contributed by atoms with Gasteiger partial charge in [0.05, 0.1) is 53.1 Å². The summed E-state index contributed by atoms with van der Waals surface area (Å²) in [7, 11) is 13.1. The summed E-state index contributed by atoms with van der Waals surface area (Å²) in [5, 5.41) is 0. The van der Waals surface area contributed by atoms with Crippen molar-refractivity contribution in [2.75, 3.05) is 117 Å². The van der Waals surface area contributed by atoms with Crippen molar-refractivity contribution in [2.24, 2.45) is 39.9 Å². The second-order valence-electron chi connectivity index (χ2n) is 19.2. The average Bonchev–Trinajstić information content (AvgIpc) is 3.29. The maximum Gasteiger partial charge on any atom is 0.330 e. The van der Waals surface area contributed by atoms with Gasteiger partial charge in [0, 0.05) is 42.2 Å². The summed E-state index contributed by atoms with van der Waals surface area (Å²) >= 11 is 0. The topological polar surface area (TPSA) is 217 Å². The van der Waals surface area contributed by atoms with E-state index in [1.807, 2.05) is 38.0 Å². The van der Waals surface area contributed by atoms with Gasteiger partial charge in [-0.15, -0.1) is 0 Å². The van der Waals surface area contributed by atoms with Crippen LogP contribution in [0.2, 0.25) is 0 Å². The SMILES string of the molecule is C=CC(=O)OCCSSCCOC(=O)C(CC(CC(C)(C)C(=O)OCC)C(=O)OCCSSCCOC(=O)C(CC(C)C(=O)OCCN(C)C)CC(C)(C)C(=O)OCC)CC(C)(C)C(=O)OCCN(C)C. The highest BCUT2D eigenvalue weighted by molar-refractivity contribution is 8.77. The second kappa shape index (κ2) is 36.7. The first kappa shape index (κ1) is 67.8. The number of carbonyl (C=O) groups excluding carboxylic acids is 8. The molecular formula is C49H84N2O16S4. The van der Waals surface area contributed by atoms with Crippen molar-refractivity contribution < 1.29 is 76.3 Å². The molecule has 71 heavy (non-hydrogen) atoms. The van der Waals surface area contributed by atoms with Crippen LogP contribution in [0.15, 0.2) is 12.7 Å². The molecule has 0 aromatic rings.